The molecule has 0 saturated heterocycles. The summed E-state index contributed by atoms with van der Waals surface area (Å²) in [7, 11) is 1.88. The van der Waals surface area contributed by atoms with Crippen molar-refractivity contribution in [3.63, 3.8) is 0 Å². The van der Waals surface area contributed by atoms with Crippen LogP contribution in [0.1, 0.15) is 23.7 Å². The Labute approximate surface area is 117 Å². The molecule has 0 fully saturated rings. The van der Waals surface area contributed by atoms with Gasteiger partial charge in [-0.2, -0.15) is 5.10 Å². The second-order valence-electron chi connectivity index (χ2n) is 4.92. The first kappa shape index (κ1) is 12.7. The molecule has 2 heterocycles. The van der Waals surface area contributed by atoms with Crippen molar-refractivity contribution in [3.8, 4) is 5.75 Å². The molecule has 1 amide bonds. The summed E-state index contributed by atoms with van der Waals surface area (Å²) < 4.78 is 7.35. The molecule has 0 spiro atoms. The van der Waals surface area contributed by atoms with Crippen LogP contribution in [0.5, 0.6) is 5.75 Å². The van der Waals surface area contributed by atoms with Gasteiger partial charge in [-0.1, -0.05) is 18.2 Å². The van der Waals surface area contributed by atoms with E-state index >= 15 is 0 Å². The third-order valence-corrected chi connectivity index (χ3v) is 3.57. The molecular weight excluding hydrogens is 254 g/mol. The van der Waals surface area contributed by atoms with E-state index in [9.17, 15) is 4.79 Å². The molecule has 1 aliphatic rings. The zero-order chi connectivity index (χ0) is 13.9. The van der Waals surface area contributed by atoms with Gasteiger partial charge in [0.25, 0.3) is 0 Å². The normalized spacial score (nSPS) is 16.6. The Hall–Kier alpha value is -2.30. The number of ether oxygens (including phenoxy) is 1. The number of aromatic nitrogens is 2. The molecule has 0 bridgehead atoms. The molecule has 0 aliphatic carbocycles. The summed E-state index contributed by atoms with van der Waals surface area (Å²) in [4.78, 5) is 12.0. The highest BCUT2D eigenvalue weighted by Gasteiger charge is 2.24. The van der Waals surface area contributed by atoms with E-state index in [0.717, 1.165) is 17.0 Å². The quantitative estimate of drug-likeness (QED) is 0.919. The van der Waals surface area contributed by atoms with Gasteiger partial charge in [-0.05, 0) is 18.6 Å². The highest BCUT2D eigenvalue weighted by Crippen LogP contribution is 2.31. The van der Waals surface area contributed by atoms with E-state index in [4.69, 9.17) is 4.74 Å². The summed E-state index contributed by atoms with van der Waals surface area (Å²) >= 11 is 0. The number of nitrogens with one attached hydrogen (secondary N) is 1. The lowest BCUT2D eigenvalue weighted by Gasteiger charge is -2.11. The molecule has 1 unspecified atom stereocenters. The number of benzene rings is 1. The summed E-state index contributed by atoms with van der Waals surface area (Å²) in [6.45, 7) is 0.511. The van der Waals surface area contributed by atoms with E-state index in [-0.39, 0.29) is 11.9 Å². The predicted octanol–water partition coefficient (Wildman–Crippen LogP) is 1.60. The molecule has 5 heteroatoms. The van der Waals surface area contributed by atoms with Crippen molar-refractivity contribution in [1.82, 2.24) is 15.1 Å². The fourth-order valence-electron chi connectivity index (χ4n) is 2.44. The number of hydrogen-bond donors (Lipinski definition) is 1. The summed E-state index contributed by atoms with van der Waals surface area (Å²) in [5.41, 5.74) is 2.12. The SMILES string of the molecule is Cn1nccc1CCC(=O)NC1COc2ccccc21. The lowest BCUT2D eigenvalue weighted by Crippen LogP contribution is -2.29. The maximum absolute atomic E-state index is 12.0. The van der Waals surface area contributed by atoms with Gasteiger partial charge < -0.3 is 10.1 Å². The number of rotatable bonds is 4. The number of amides is 1. The molecule has 104 valence electrons. The lowest BCUT2D eigenvalue weighted by atomic mass is 10.1. The van der Waals surface area contributed by atoms with Gasteiger partial charge in [0.05, 0.1) is 6.04 Å². The minimum Gasteiger partial charge on any atom is -0.491 e. The average molecular weight is 271 g/mol. The average Bonchev–Trinajstić information content (AvgIpc) is 3.04. The lowest BCUT2D eigenvalue weighted by molar-refractivity contribution is -0.121. The van der Waals surface area contributed by atoms with Crippen LogP contribution < -0.4 is 10.1 Å². The van der Waals surface area contributed by atoms with Gasteiger partial charge in [0, 0.05) is 30.9 Å². The molecule has 2 aromatic rings. The van der Waals surface area contributed by atoms with E-state index in [1.54, 1.807) is 10.9 Å². The van der Waals surface area contributed by atoms with Gasteiger partial charge in [-0.3, -0.25) is 9.48 Å². The van der Waals surface area contributed by atoms with E-state index < -0.39 is 0 Å². The summed E-state index contributed by atoms with van der Waals surface area (Å²) in [5.74, 6) is 0.904. The van der Waals surface area contributed by atoms with Crippen LogP contribution in [0.4, 0.5) is 0 Å². The van der Waals surface area contributed by atoms with Crippen LogP contribution in [-0.4, -0.2) is 22.3 Å². The van der Waals surface area contributed by atoms with Crippen LogP contribution in [0.15, 0.2) is 36.5 Å². The minimum absolute atomic E-state index is 0.0368. The van der Waals surface area contributed by atoms with Crippen molar-refractivity contribution in [2.75, 3.05) is 6.61 Å². The number of aryl methyl sites for hydroxylation is 2. The molecule has 3 rings (SSSR count). The molecule has 0 saturated carbocycles. The van der Waals surface area contributed by atoms with Gasteiger partial charge >= 0.3 is 0 Å². The first-order chi connectivity index (χ1) is 9.74. The first-order valence-corrected chi connectivity index (χ1v) is 6.72. The molecule has 5 nitrogen and oxygen atoms in total. The molecule has 1 atom stereocenters. The van der Waals surface area contributed by atoms with Gasteiger partial charge in [0.1, 0.15) is 12.4 Å². The van der Waals surface area contributed by atoms with Crippen molar-refractivity contribution in [2.24, 2.45) is 7.05 Å². The second kappa shape index (κ2) is 5.36. The highest BCUT2D eigenvalue weighted by atomic mass is 16.5. The number of carbonyl (C=O) groups is 1. The fourth-order valence-corrected chi connectivity index (χ4v) is 2.44. The van der Waals surface area contributed by atoms with Gasteiger partial charge in [0.15, 0.2) is 0 Å². The Kier molecular flexibility index (Phi) is 3.41. The molecule has 1 N–H and O–H groups in total. The van der Waals surface area contributed by atoms with Gasteiger partial charge in [-0.15, -0.1) is 0 Å². The maximum atomic E-state index is 12.0. The number of carbonyl (C=O) groups excluding carboxylic acids is 1. The standard InChI is InChI=1S/C15H17N3O2/c1-18-11(8-9-16-18)6-7-15(19)17-13-10-20-14-5-3-2-4-12(13)14/h2-5,8-9,13H,6-7,10H2,1H3,(H,17,19). The van der Waals surface area contributed by atoms with Crippen LogP contribution in [-0.2, 0) is 18.3 Å². The van der Waals surface area contributed by atoms with Crippen molar-refractivity contribution < 1.29 is 9.53 Å². The van der Waals surface area contributed by atoms with E-state index in [0.29, 0.717) is 19.4 Å². The molecule has 1 aromatic carbocycles. The number of fused-ring (bicyclic) bond motifs is 1. The van der Waals surface area contributed by atoms with Crippen molar-refractivity contribution in [2.45, 2.75) is 18.9 Å². The largest absolute Gasteiger partial charge is 0.491 e. The van der Waals surface area contributed by atoms with Crippen LogP contribution in [0.25, 0.3) is 0 Å². The van der Waals surface area contributed by atoms with Crippen LogP contribution in [0.3, 0.4) is 0 Å². The van der Waals surface area contributed by atoms with E-state index in [2.05, 4.69) is 10.4 Å². The smallest absolute Gasteiger partial charge is 0.220 e. The maximum Gasteiger partial charge on any atom is 0.220 e. The zero-order valence-corrected chi connectivity index (χ0v) is 11.4. The zero-order valence-electron chi connectivity index (χ0n) is 11.4. The van der Waals surface area contributed by atoms with Gasteiger partial charge in [0.2, 0.25) is 5.91 Å². The number of para-hydroxylation sites is 1. The predicted molar refractivity (Wildman–Crippen MR) is 74.3 cm³/mol. The van der Waals surface area contributed by atoms with Crippen molar-refractivity contribution in [1.29, 1.82) is 0 Å². The van der Waals surface area contributed by atoms with E-state index in [1.807, 2.05) is 37.4 Å². The molecule has 0 radical (unpaired) electrons. The topological polar surface area (TPSA) is 56.2 Å². The fraction of sp³-hybridized carbons (Fsp3) is 0.333. The molecular formula is C15H17N3O2. The summed E-state index contributed by atoms with van der Waals surface area (Å²) in [6, 6.07) is 9.71. The van der Waals surface area contributed by atoms with Crippen LogP contribution in [0, 0.1) is 0 Å². The Bertz CT molecular complexity index is 621. The van der Waals surface area contributed by atoms with Crippen LogP contribution >= 0.6 is 0 Å². The van der Waals surface area contributed by atoms with Crippen molar-refractivity contribution in [3.05, 3.63) is 47.8 Å². The number of hydrogen-bond acceptors (Lipinski definition) is 3. The Morgan fingerprint density at radius 2 is 2.30 bits per heavy atom. The molecule has 20 heavy (non-hydrogen) atoms. The van der Waals surface area contributed by atoms with E-state index in [1.165, 1.54) is 0 Å². The van der Waals surface area contributed by atoms with Crippen molar-refractivity contribution >= 4 is 5.91 Å². The Balaban J connectivity index is 1.57. The Morgan fingerprint density at radius 3 is 3.10 bits per heavy atom. The highest BCUT2D eigenvalue weighted by molar-refractivity contribution is 5.77. The monoisotopic (exact) mass is 271 g/mol. The second-order valence-corrected chi connectivity index (χ2v) is 4.92. The Morgan fingerprint density at radius 1 is 1.45 bits per heavy atom. The molecule has 1 aromatic heterocycles. The van der Waals surface area contributed by atoms with Crippen LogP contribution in [0.2, 0.25) is 0 Å². The summed E-state index contributed by atoms with van der Waals surface area (Å²) in [6.07, 6.45) is 2.89. The minimum atomic E-state index is -0.0368. The summed E-state index contributed by atoms with van der Waals surface area (Å²) in [5, 5.41) is 7.12. The third kappa shape index (κ3) is 2.52. The third-order valence-electron chi connectivity index (χ3n) is 3.57. The van der Waals surface area contributed by atoms with Gasteiger partial charge in [-0.25, -0.2) is 0 Å². The molecule has 1 aliphatic heterocycles. The first-order valence-electron chi connectivity index (χ1n) is 6.72. The number of nitrogens with zero attached hydrogens (tertiary/aromatic N) is 2.